The van der Waals surface area contributed by atoms with Crippen molar-refractivity contribution in [3.63, 3.8) is 0 Å². The molecule has 6 heteroatoms. The summed E-state index contributed by atoms with van der Waals surface area (Å²) in [6.45, 7) is 8.46. The number of H-pyrrole nitrogens is 1. The first-order valence-electron chi connectivity index (χ1n) is 10.3. The van der Waals surface area contributed by atoms with Gasteiger partial charge in [0, 0.05) is 24.3 Å². The Morgan fingerprint density at radius 2 is 1.61 bits per heavy atom. The number of hydrogen-bond donors (Lipinski definition) is 1. The number of carbonyl (C=O) groups is 2. The summed E-state index contributed by atoms with van der Waals surface area (Å²) in [6, 6.07) is 13.5. The van der Waals surface area contributed by atoms with Crippen LogP contribution in [-0.2, 0) is 17.8 Å². The van der Waals surface area contributed by atoms with Crippen molar-refractivity contribution in [1.29, 1.82) is 0 Å². The monoisotopic (exact) mass is 422 g/mol. The van der Waals surface area contributed by atoms with E-state index in [1.165, 1.54) is 24.3 Å². The summed E-state index contributed by atoms with van der Waals surface area (Å²) >= 11 is 0. The molecule has 0 bridgehead atoms. The van der Waals surface area contributed by atoms with Crippen molar-refractivity contribution in [1.82, 2.24) is 9.88 Å². The van der Waals surface area contributed by atoms with E-state index in [-0.39, 0.29) is 12.5 Å². The summed E-state index contributed by atoms with van der Waals surface area (Å²) in [5, 5.41) is 0. The molecule has 0 aliphatic carbocycles. The van der Waals surface area contributed by atoms with Crippen LogP contribution in [0.4, 0.5) is 4.39 Å². The number of ether oxygens (including phenoxy) is 1. The van der Waals surface area contributed by atoms with E-state index in [9.17, 15) is 14.0 Å². The highest BCUT2D eigenvalue weighted by Gasteiger charge is 2.23. The first-order chi connectivity index (χ1) is 14.8. The Morgan fingerprint density at radius 1 is 0.968 bits per heavy atom. The minimum Gasteiger partial charge on any atom is -0.461 e. The summed E-state index contributed by atoms with van der Waals surface area (Å²) in [6.07, 6.45) is 0. The first kappa shape index (κ1) is 22.3. The zero-order valence-electron chi connectivity index (χ0n) is 18.3. The number of halogens is 1. The molecule has 1 heterocycles. The highest BCUT2D eigenvalue weighted by Crippen LogP contribution is 2.23. The molecule has 0 saturated carbocycles. The van der Waals surface area contributed by atoms with Crippen molar-refractivity contribution in [2.24, 2.45) is 0 Å². The van der Waals surface area contributed by atoms with Crippen LogP contribution in [0, 0.1) is 26.6 Å². The molecular weight excluding hydrogens is 395 g/mol. The molecule has 3 rings (SSSR count). The minimum atomic E-state index is -0.413. The number of esters is 1. The number of benzene rings is 2. The number of amides is 1. The number of carbonyl (C=O) groups excluding carboxylic acids is 2. The third-order valence-electron chi connectivity index (χ3n) is 5.29. The Hall–Kier alpha value is -3.41. The lowest BCUT2D eigenvalue weighted by Crippen LogP contribution is -2.30. The van der Waals surface area contributed by atoms with Crippen molar-refractivity contribution in [2.75, 3.05) is 6.61 Å². The smallest absolute Gasteiger partial charge is 0.355 e. The van der Waals surface area contributed by atoms with Crippen molar-refractivity contribution in [3.8, 4) is 0 Å². The van der Waals surface area contributed by atoms with Gasteiger partial charge in [-0.05, 0) is 68.7 Å². The molecule has 31 heavy (non-hydrogen) atoms. The van der Waals surface area contributed by atoms with Crippen LogP contribution in [0.1, 0.15) is 55.7 Å². The number of nitrogens with zero attached hydrogens (tertiary/aromatic N) is 1. The van der Waals surface area contributed by atoms with Gasteiger partial charge in [0.05, 0.1) is 6.61 Å². The van der Waals surface area contributed by atoms with Gasteiger partial charge in [0.15, 0.2) is 0 Å². The fourth-order valence-electron chi connectivity index (χ4n) is 3.51. The van der Waals surface area contributed by atoms with Crippen LogP contribution in [0.15, 0.2) is 48.5 Å². The number of hydrogen-bond acceptors (Lipinski definition) is 3. The Bertz CT molecular complexity index is 1070. The molecule has 0 fully saturated rings. The second-order valence-corrected chi connectivity index (χ2v) is 7.60. The van der Waals surface area contributed by atoms with Crippen molar-refractivity contribution in [2.45, 2.75) is 40.8 Å². The lowest BCUT2D eigenvalue weighted by atomic mass is 10.1. The fourth-order valence-corrected chi connectivity index (χ4v) is 3.51. The number of aryl methyl sites for hydroxylation is 2. The van der Waals surface area contributed by atoms with Gasteiger partial charge < -0.3 is 14.6 Å². The van der Waals surface area contributed by atoms with Crippen molar-refractivity contribution >= 4 is 11.9 Å². The van der Waals surface area contributed by atoms with Gasteiger partial charge in [-0.2, -0.15) is 0 Å². The van der Waals surface area contributed by atoms with Gasteiger partial charge in [0.1, 0.15) is 11.5 Å². The standard InChI is InChI=1S/C25H27FN2O3/c1-5-31-25(30)23-17(3)22(18(4)27-23)15-28(14-19-8-6-16(2)7-9-19)24(29)20-10-12-21(26)13-11-20/h6-13,27H,5,14-15H2,1-4H3. The molecule has 1 aromatic heterocycles. The van der Waals surface area contributed by atoms with E-state index in [0.717, 1.165) is 27.9 Å². The van der Waals surface area contributed by atoms with Gasteiger partial charge in [0.25, 0.3) is 5.91 Å². The maximum atomic E-state index is 13.4. The summed E-state index contributed by atoms with van der Waals surface area (Å²) in [7, 11) is 0. The second kappa shape index (κ2) is 9.60. The second-order valence-electron chi connectivity index (χ2n) is 7.60. The van der Waals surface area contributed by atoms with Crippen molar-refractivity contribution in [3.05, 3.63) is 93.6 Å². The predicted molar refractivity (Wildman–Crippen MR) is 117 cm³/mol. The van der Waals surface area contributed by atoms with Gasteiger partial charge in [-0.15, -0.1) is 0 Å². The van der Waals surface area contributed by atoms with Crippen molar-refractivity contribution < 1.29 is 18.7 Å². The van der Waals surface area contributed by atoms with Gasteiger partial charge in [-0.1, -0.05) is 29.8 Å². The van der Waals surface area contributed by atoms with Gasteiger partial charge in [-0.3, -0.25) is 4.79 Å². The average Bonchev–Trinajstić information content (AvgIpc) is 3.03. The van der Waals surface area contributed by atoms with E-state index in [2.05, 4.69) is 4.98 Å². The van der Waals surface area contributed by atoms with E-state index in [1.54, 1.807) is 11.8 Å². The molecule has 162 valence electrons. The lowest BCUT2D eigenvalue weighted by Gasteiger charge is -2.24. The summed E-state index contributed by atoms with van der Waals surface area (Å²) in [4.78, 5) is 30.4. The number of aromatic amines is 1. The molecule has 0 saturated heterocycles. The molecule has 5 nitrogen and oxygen atoms in total. The molecule has 3 aromatic rings. The summed E-state index contributed by atoms with van der Waals surface area (Å²) in [5.41, 5.74) is 5.36. The number of rotatable bonds is 7. The molecule has 0 aliphatic heterocycles. The van der Waals surface area contributed by atoms with Crippen LogP contribution < -0.4 is 0 Å². The highest BCUT2D eigenvalue weighted by atomic mass is 19.1. The van der Waals surface area contributed by atoms with Gasteiger partial charge >= 0.3 is 5.97 Å². The maximum absolute atomic E-state index is 13.4. The maximum Gasteiger partial charge on any atom is 0.355 e. The molecular formula is C25H27FN2O3. The van der Waals surface area contributed by atoms with Crippen LogP contribution in [0.3, 0.4) is 0 Å². The normalized spacial score (nSPS) is 10.7. The van der Waals surface area contributed by atoms with Crippen LogP contribution in [-0.4, -0.2) is 28.4 Å². The number of aromatic nitrogens is 1. The molecule has 1 N–H and O–H groups in total. The molecule has 0 spiro atoms. The topological polar surface area (TPSA) is 62.4 Å². The molecule has 0 radical (unpaired) electrons. The highest BCUT2D eigenvalue weighted by molar-refractivity contribution is 5.94. The number of nitrogens with one attached hydrogen (secondary N) is 1. The lowest BCUT2D eigenvalue weighted by molar-refractivity contribution is 0.0519. The van der Waals surface area contributed by atoms with E-state index in [4.69, 9.17) is 4.74 Å². The quantitative estimate of drug-likeness (QED) is 0.539. The molecule has 2 aromatic carbocycles. The molecule has 0 unspecified atom stereocenters. The zero-order valence-corrected chi connectivity index (χ0v) is 18.3. The van der Waals surface area contributed by atoms with E-state index < -0.39 is 11.8 Å². The van der Waals surface area contributed by atoms with Crippen LogP contribution in [0.5, 0.6) is 0 Å². The van der Waals surface area contributed by atoms with Gasteiger partial charge in [-0.25, -0.2) is 9.18 Å². The summed E-state index contributed by atoms with van der Waals surface area (Å²) in [5.74, 6) is -1.01. The Balaban J connectivity index is 1.94. The van der Waals surface area contributed by atoms with Crippen LogP contribution in [0.25, 0.3) is 0 Å². The minimum absolute atomic E-state index is 0.210. The third kappa shape index (κ3) is 5.20. The van der Waals surface area contributed by atoms with Crippen LogP contribution >= 0.6 is 0 Å². The van der Waals surface area contributed by atoms with Gasteiger partial charge in [0.2, 0.25) is 0 Å². The fraction of sp³-hybridized carbons (Fsp3) is 0.280. The van der Waals surface area contributed by atoms with E-state index >= 15 is 0 Å². The van der Waals surface area contributed by atoms with E-state index in [0.29, 0.717) is 24.3 Å². The van der Waals surface area contributed by atoms with Crippen LogP contribution in [0.2, 0.25) is 0 Å². The largest absolute Gasteiger partial charge is 0.461 e. The molecule has 0 aliphatic rings. The zero-order chi connectivity index (χ0) is 22.5. The summed E-state index contributed by atoms with van der Waals surface area (Å²) < 4.78 is 18.5. The predicted octanol–water partition coefficient (Wildman–Crippen LogP) is 5.10. The molecule has 1 amide bonds. The van der Waals surface area contributed by atoms with E-state index in [1.807, 2.05) is 45.0 Å². The Labute approximate surface area is 181 Å². The Kier molecular flexibility index (Phi) is 6.90. The first-order valence-corrected chi connectivity index (χ1v) is 10.3. The third-order valence-corrected chi connectivity index (χ3v) is 5.29. The molecule has 0 atom stereocenters. The Morgan fingerprint density at radius 3 is 2.23 bits per heavy atom. The SMILES string of the molecule is CCOC(=O)c1[nH]c(C)c(CN(Cc2ccc(C)cc2)C(=O)c2ccc(F)cc2)c1C. The average molecular weight is 423 g/mol.